The van der Waals surface area contributed by atoms with Gasteiger partial charge in [-0.2, -0.15) is 0 Å². The number of esters is 1. The number of amides is 1. The van der Waals surface area contributed by atoms with Gasteiger partial charge in [-0.1, -0.05) is 41.4 Å². The molecule has 2 N–H and O–H groups in total. The van der Waals surface area contributed by atoms with E-state index in [1.807, 2.05) is 30.5 Å². The van der Waals surface area contributed by atoms with Gasteiger partial charge in [-0.15, -0.1) is 0 Å². The van der Waals surface area contributed by atoms with Crippen LogP contribution < -0.4 is 5.32 Å². The molecule has 134 valence electrons. The topological polar surface area (TPSA) is 71.2 Å². The number of carbonyl (C=O) groups is 2. The van der Waals surface area contributed by atoms with Crippen molar-refractivity contribution in [1.29, 1.82) is 0 Å². The van der Waals surface area contributed by atoms with Crippen LogP contribution in [0.5, 0.6) is 0 Å². The molecule has 5 nitrogen and oxygen atoms in total. The van der Waals surface area contributed by atoms with Crippen molar-refractivity contribution >= 4 is 46.0 Å². The number of hydrogen-bond acceptors (Lipinski definition) is 3. The summed E-state index contributed by atoms with van der Waals surface area (Å²) < 4.78 is 4.84. The van der Waals surface area contributed by atoms with E-state index in [4.69, 9.17) is 27.9 Å². The monoisotopic (exact) mass is 390 g/mol. The molecule has 2 aromatic carbocycles. The van der Waals surface area contributed by atoms with Crippen LogP contribution in [0.4, 0.5) is 0 Å². The minimum Gasteiger partial charge on any atom is -0.467 e. The minimum absolute atomic E-state index is 0.214. The second-order valence-corrected chi connectivity index (χ2v) is 6.58. The molecule has 0 saturated heterocycles. The van der Waals surface area contributed by atoms with E-state index >= 15 is 0 Å². The summed E-state index contributed by atoms with van der Waals surface area (Å²) in [5, 5.41) is 4.32. The number of halogens is 2. The van der Waals surface area contributed by atoms with E-state index < -0.39 is 17.9 Å². The first-order valence-electron chi connectivity index (χ1n) is 7.88. The zero-order chi connectivity index (χ0) is 18.7. The van der Waals surface area contributed by atoms with Gasteiger partial charge in [0.25, 0.3) is 5.91 Å². The van der Waals surface area contributed by atoms with Gasteiger partial charge >= 0.3 is 5.97 Å². The van der Waals surface area contributed by atoms with Gasteiger partial charge in [0.15, 0.2) is 0 Å². The largest absolute Gasteiger partial charge is 0.467 e. The molecular formula is C19H16Cl2N2O3. The van der Waals surface area contributed by atoms with Crippen LogP contribution in [0.15, 0.2) is 48.7 Å². The van der Waals surface area contributed by atoms with E-state index in [9.17, 15) is 9.59 Å². The maximum absolute atomic E-state index is 12.5. The zero-order valence-corrected chi connectivity index (χ0v) is 15.4. The van der Waals surface area contributed by atoms with Crippen molar-refractivity contribution in [2.45, 2.75) is 12.5 Å². The van der Waals surface area contributed by atoms with Gasteiger partial charge in [-0.25, -0.2) is 4.79 Å². The molecule has 0 saturated carbocycles. The van der Waals surface area contributed by atoms with Crippen LogP contribution in [0.2, 0.25) is 10.0 Å². The number of aromatic nitrogens is 1. The molecule has 0 bridgehead atoms. The standard InChI is InChI=1S/C19H16Cl2N2O3/c1-26-19(25)17(8-11-10-22-16-5-3-2-4-13(11)16)23-18(24)14-7-6-12(20)9-15(14)21/h2-7,9-10,17,22H,8H2,1H3,(H,23,24)/t17-/m1/s1. The van der Waals surface area contributed by atoms with Crippen LogP contribution in [-0.2, 0) is 16.0 Å². The van der Waals surface area contributed by atoms with Gasteiger partial charge < -0.3 is 15.0 Å². The van der Waals surface area contributed by atoms with Crippen molar-refractivity contribution in [2.75, 3.05) is 7.11 Å². The molecule has 1 amide bonds. The predicted molar refractivity (Wildman–Crippen MR) is 102 cm³/mol. The number of ether oxygens (including phenoxy) is 1. The van der Waals surface area contributed by atoms with Gasteiger partial charge in [0.05, 0.1) is 17.7 Å². The molecule has 0 radical (unpaired) electrons. The quantitative estimate of drug-likeness (QED) is 0.647. The van der Waals surface area contributed by atoms with Crippen LogP contribution in [0, 0.1) is 0 Å². The second kappa shape index (κ2) is 7.81. The lowest BCUT2D eigenvalue weighted by Crippen LogP contribution is -2.43. The van der Waals surface area contributed by atoms with Gasteiger partial charge in [-0.3, -0.25) is 4.79 Å². The summed E-state index contributed by atoms with van der Waals surface area (Å²) in [5.74, 6) is -1.00. The average Bonchev–Trinajstić information content (AvgIpc) is 3.03. The predicted octanol–water partition coefficient (Wildman–Crippen LogP) is 3.99. The zero-order valence-electron chi connectivity index (χ0n) is 13.9. The molecule has 3 rings (SSSR count). The van der Waals surface area contributed by atoms with E-state index in [0.29, 0.717) is 5.02 Å². The molecule has 3 aromatic rings. The third-order valence-electron chi connectivity index (χ3n) is 4.07. The number of H-pyrrole nitrogens is 1. The summed E-state index contributed by atoms with van der Waals surface area (Å²) in [6, 6.07) is 11.4. The Balaban J connectivity index is 1.84. The molecule has 7 heteroatoms. The van der Waals surface area contributed by atoms with Crippen LogP contribution in [0.1, 0.15) is 15.9 Å². The van der Waals surface area contributed by atoms with Crippen LogP contribution in [0.25, 0.3) is 10.9 Å². The average molecular weight is 391 g/mol. The second-order valence-electron chi connectivity index (χ2n) is 5.74. The molecule has 1 aromatic heterocycles. The van der Waals surface area contributed by atoms with E-state index in [2.05, 4.69) is 10.3 Å². The van der Waals surface area contributed by atoms with E-state index in [0.717, 1.165) is 16.5 Å². The molecule has 26 heavy (non-hydrogen) atoms. The third kappa shape index (κ3) is 3.84. The van der Waals surface area contributed by atoms with Crippen molar-refractivity contribution in [1.82, 2.24) is 10.3 Å². The Kier molecular flexibility index (Phi) is 5.49. The highest BCUT2D eigenvalue weighted by atomic mass is 35.5. The number of rotatable bonds is 5. The van der Waals surface area contributed by atoms with Crippen molar-refractivity contribution in [3.63, 3.8) is 0 Å². The van der Waals surface area contributed by atoms with Crippen molar-refractivity contribution in [2.24, 2.45) is 0 Å². The number of fused-ring (bicyclic) bond motifs is 1. The highest BCUT2D eigenvalue weighted by Crippen LogP contribution is 2.22. The van der Waals surface area contributed by atoms with Crippen LogP contribution in [0.3, 0.4) is 0 Å². The lowest BCUT2D eigenvalue weighted by Gasteiger charge is -2.17. The number of benzene rings is 2. The number of carbonyl (C=O) groups excluding carboxylic acids is 2. The van der Waals surface area contributed by atoms with Gasteiger partial charge in [-0.05, 0) is 29.8 Å². The number of nitrogens with one attached hydrogen (secondary N) is 2. The SMILES string of the molecule is COC(=O)[C@@H](Cc1c[nH]c2ccccc12)NC(=O)c1ccc(Cl)cc1Cl. The minimum atomic E-state index is -0.849. The molecule has 1 heterocycles. The highest BCUT2D eigenvalue weighted by molar-refractivity contribution is 6.36. The number of methoxy groups -OCH3 is 1. The molecule has 0 aliphatic carbocycles. The van der Waals surface area contributed by atoms with Crippen LogP contribution >= 0.6 is 23.2 Å². The fourth-order valence-electron chi connectivity index (χ4n) is 2.77. The summed E-state index contributed by atoms with van der Waals surface area (Å²) in [4.78, 5) is 27.9. The Bertz CT molecular complexity index is 968. The lowest BCUT2D eigenvalue weighted by molar-refractivity contribution is -0.142. The van der Waals surface area contributed by atoms with Crippen molar-refractivity contribution in [3.8, 4) is 0 Å². The van der Waals surface area contributed by atoms with Gasteiger partial charge in [0.2, 0.25) is 0 Å². The molecule has 0 aliphatic rings. The Hall–Kier alpha value is -2.50. The van der Waals surface area contributed by atoms with E-state index in [1.54, 1.807) is 6.07 Å². The molecule has 0 unspecified atom stereocenters. The molecule has 0 fully saturated rings. The highest BCUT2D eigenvalue weighted by Gasteiger charge is 2.24. The summed E-state index contributed by atoms with van der Waals surface area (Å²) in [5.41, 5.74) is 2.10. The third-order valence-corrected chi connectivity index (χ3v) is 4.61. The Labute approximate surface area is 160 Å². The van der Waals surface area contributed by atoms with E-state index in [1.165, 1.54) is 19.2 Å². The maximum Gasteiger partial charge on any atom is 0.328 e. The van der Waals surface area contributed by atoms with Gasteiger partial charge in [0.1, 0.15) is 6.04 Å². The fraction of sp³-hybridized carbons (Fsp3) is 0.158. The van der Waals surface area contributed by atoms with Crippen molar-refractivity contribution in [3.05, 3.63) is 69.8 Å². The Morgan fingerprint density at radius 2 is 1.96 bits per heavy atom. The molecule has 0 spiro atoms. The smallest absolute Gasteiger partial charge is 0.328 e. The first-order chi connectivity index (χ1) is 12.5. The summed E-state index contributed by atoms with van der Waals surface area (Å²) in [6.45, 7) is 0. The van der Waals surface area contributed by atoms with Crippen LogP contribution in [-0.4, -0.2) is 30.0 Å². The Morgan fingerprint density at radius 3 is 2.69 bits per heavy atom. The summed E-state index contributed by atoms with van der Waals surface area (Å²) in [7, 11) is 1.28. The summed E-state index contributed by atoms with van der Waals surface area (Å²) >= 11 is 11.9. The first kappa shape index (κ1) is 18.3. The van der Waals surface area contributed by atoms with E-state index in [-0.39, 0.29) is 17.0 Å². The molecular weight excluding hydrogens is 375 g/mol. The molecule has 1 atom stereocenters. The number of hydrogen-bond donors (Lipinski definition) is 2. The Morgan fingerprint density at radius 1 is 1.19 bits per heavy atom. The number of aromatic amines is 1. The first-order valence-corrected chi connectivity index (χ1v) is 8.64. The number of para-hydroxylation sites is 1. The lowest BCUT2D eigenvalue weighted by atomic mass is 10.0. The van der Waals surface area contributed by atoms with Gasteiger partial charge in [0, 0.05) is 28.5 Å². The molecule has 0 aliphatic heterocycles. The normalized spacial score (nSPS) is 12.0. The fourth-order valence-corrected chi connectivity index (χ4v) is 3.26. The summed E-state index contributed by atoms with van der Waals surface area (Å²) in [6.07, 6.45) is 2.11. The maximum atomic E-state index is 12.5. The van der Waals surface area contributed by atoms with Crippen molar-refractivity contribution < 1.29 is 14.3 Å².